The summed E-state index contributed by atoms with van der Waals surface area (Å²) in [4.78, 5) is 11.8. The summed E-state index contributed by atoms with van der Waals surface area (Å²) in [6.07, 6.45) is 0.125. The number of nitrogen functional groups attached to an aromatic ring is 1. The Balaban J connectivity index is 2.08. The molecule has 0 unspecified atom stereocenters. The topological polar surface area (TPSA) is 55.1 Å². The van der Waals surface area contributed by atoms with Crippen LogP contribution in [0, 0.1) is 12.7 Å². The number of carbonyl (C=O) groups is 1. The van der Waals surface area contributed by atoms with Gasteiger partial charge in [0.25, 0.3) is 0 Å². The quantitative estimate of drug-likeness (QED) is 0.832. The van der Waals surface area contributed by atoms with Crippen LogP contribution in [0.1, 0.15) is 11.1 Å². The van der Waals surface area contributed by atoms with Crippen molar-refractivity contribution >= 4 is 17.3 Å². The molecule has 0 atom stereocenters. The molecule has 0 saturated carbocycles. The number of aryl methyl sites for hydroxylation is 1. The fourth-order valence-electron chi connectivity index (χ4n) is 1.78. The van der Waals surface area contributed by atoms with E-state index in [4.69, 9.17) is 5.73 Å². The molecule has 2 rings (SSSR count). The maximum Gasteiger partial charge on any atom is 0.228 e. The Labute approximate surface area is 111 Å². The van der Waals surface area contributed by atoms with Crippen LogP contribution in [0.25, 0.3) is 0 Å². The SMILES string of the molecule is Cc1ccc(NC(=O)Cc2ccccc2N)c(F)c1. The third-order valence-corrected chi connectivity index (χ3v) is 2.80. The van der Waals surface area contributed by atoms with Gasteiger partial charge in [-0.2, -0.15) is 0 Å². The molecule has 4 heteroatoms. The van der Waals surface area contributed by atoms with E-state index in [2.05, 4.69) is 5.32 Å². The molecule has 0 radical (unpaired) electrons. The molecule has 2 aromatic carbocycles. The lowest BCUT2D eigenvalue weighted by atomic mass is 10.1. The van der Waals surface area contributed by atoms with Gasteiger partial charge in [0.1, 0.15) is 5.82 Å². The number of benzene rings is 2. The molecule has 0 saturated heterocycles. The van der Waals surface area contributed by atoms with E-state index in [9.17, 15) is 9.18 Å². The average Bonchev–Trinajstić information content (AvgIpc) is 2.36. The van der Waals surface area contributed by atoms with Crippen LogP contribution in [0.4, 0.5) is 15.8 Å². The standard InChI is InChI=1S/C15H15FN2O/c1-10-6-7-14(12(16)8-10)18-15(19)9-11-4-2-3-5-13(11)17/h2-8H,9,17H2,1H3,(H,18,19). The van der Waals surface area contributed by atoms with Crippen molar-refractivity contribution in [2.45, 2.75) is 13.3 Å². The number of hydrogen-bond acceptors (Lipinski definition) is 2. The Kier molecular flexibility index (Phi) is 3.80. The van der Waals surface area contributed by atoms with Gasteiger partial charge in [0.05, 0.1) is 12.1 Å². The summed E-state index contributed by atoms with van der Waals surface area (Å²) in [5.74, 6) is -0.727. The molecule has 0 aliphatic carbocycles. The second-order valence-electron chi connectivity index (χ2n) is 4.41. The summed E-state index contributed by atoms with van der Waals surface area (Å²) < 4.78 is 13.6. The number of nitrogens with two attached hydrogens (primary N) is 1. The van der Waals surface area contributed by atoms with E-state index in [0.717, 1.165) is 11.1 Å². The number of hydrogen-bond donors (Lipinski definition) is 2. The largest absolute Gasteiger partial charge is 0.398 e. The lowest BCUT2D eigenvalue weighted by Gasteiger charge is -2.08. The predicted octanol–water partition coefficient (Wildman–Crippen LogP) is 2.90. The van der Waals surface area contributed by atoms with E-state index in [1.165, 1.54) is 6.07 Å². The van der Waals surface area contributed by atoms with Crippen molar-refractivity contribution < 1.29 is 9.18 Å². The zero-order valence-electron chi connectivity index (χ0n) is 10.6. The monoisotopic (exact) mass is 258 g/mol. The Hall–Kier alpha value is -2.36. The number of para-hydroxylation sites is 1. The second kappa shape index (κ2) is 5.52. The minimum atomic E-state index is -0.436. The van der Waals surface area contributed by atoms with Crippen LogP contribution in [-0.2, 0) is 11.2 Å². The normalized spacial score (nSPS) is 10.2. The van der Waals surface area contributed by atoms with Crippen molar-refractivity contribution in [2.24, 2.45) is 0 Å². The van der Waals surface area contributed by atoms with Crippen LogP contribution < -0.4 is 11.1 Å². The van der Waals surface area contributed by atoms with Gasteiger partial charge in [-0.3, -0.25) is 4.79 Å². The number of amides is 1. The van der Waals surface area contributed by atoms with Crippen molar-refractivity contribution in [3.05, 3.63) is 59.4 Å². The van der Waals surface area contributed by atoms with E-state index in [-0.39, 0.29) is 18.0 Å². The lowest BCUT2D eigenvalue weighted by Crippen LogP contribution is -2.16. The van der Waals surface area contributed by atoms with E-state index >= 15 is 0 Å². The van der Waals surface area contributed by atoms with Gasteiger partial charge >= 0.3 is 0 Å². The van der Waals surface area contributed by atoms with Gasteiger partial charge in [-0.05, 0) is 36.2 Å². The van der Waals surface area contributed by atoms with E-state index < -0.39 is 5.82 Å². The third kappa shape index (κ3) is 3.31. The Morgan fingerprint density at radius 1 is 1.26 bits per heavy atom. The Morgan fingerprint density at radius 2 is 2.00 bits per heavy atom. The molecule has 0 spiro atoms. The van der Waals surface area contributed by atoms with Crippen LogP contribution >= 0.6 is 0 Å². The highest BCUT2D eigenvalue weighted by atomic mass is 19.1. The molecule has 0 aliphatic rings. The molecule has 0 bridgehead atoms. The van der Waals surface area contributed by atoms with Gasteiger partial charge in [-0.1, -0.05) is 24.3 Å². The van der Waals surface area contributed by atoms with Gasteiger partial charge in [-0.15, -0.1) is 0 Å². The summed E-state index contributed by atoms with van der Waals surface area (Å²) in [6.45, 7) is 1.79. The minimum absolute atomic E-state index is 0.125. The first-order valence-electron chi connectivity index (χ1n) is 5.95. The molecule has 0 aliphatic heterocycles. The highest BCUT2D eigenvalue weighted by Gasteiger charge is 2.09. The fraction of sp³-hybridized carbons (Fsp3) is 0.133. The first-order chi connectivity index (χ1) is 9.06. The summed E-state index contributed by atoms with van der Waals surface area (Å²) in [6, 6.07) is 11.8. The van der Waals surface area contributed by atoms with Crippen LogP contribution in [0.15, 0.2) is 42.5 Å². The van der Waals surface area contributed by atoms with Crippen molar-refractivity contribution in [2.75, 3.05) is 11.1 Å². The molecular formula is C15H15FN2O. The van der Waals surface area contributed by atoms with E-state index in [0.29, 0.717) is 5.69 Å². The number of halogens is 1. The van der Waals surface area contributed by atoms with Crippen molar-refractivity contribution in [3.8, 4) is 0 Å². The minimum Gasteiger partial charge on any atom is -0.398 e. The van der Waals surface area contributed by atoms with Crippen LogP contribution in [0.3, 0.4) is 0 Å². The number of carbonyl (C=O) groups excluding carboxylic acids is 1. The highest BCUT2D eigenvalue weighted by Crippen LogP contribution is 2.17. The summed E-state index contributed by atoms with van der Waals surface area (Å²) >= 11 is 0. The molecule has 0 heterocycles. The van der Waals surface area contributed by atoms with Crippen LogP contribution in [0.5, 0.6) is 0 Å². The van der Waals surface area contributed by atoms with Gasteiger partial charge < -0.3 is 11.1 Å². The molecule has 0 aromatic heterocycles. The zero-order valence-corrected chi connectivity index (χ0v) is 10.6. The lowest BCUT2D eigenvalue weighted by molar-refractivity contribution is -0.115. The van der Waals surface area contributed by atoms with Gasteiger partial charge in [0.15, 0.2) is 0 Å². The first kappa shape index (κ1) is 13.1. The van der Waals surface area contributed by atoms with Crippen LogP contribution in [-0.4, -0.2) is 5.91 Å². The van der Waals surface area contributed by atoms with Gasteiger partial charge in [0, 0.05) is 5.69 Å². The molecule has 98 valence electrons. The first-order valence-corrected chi connectivity index (χ1v) is 5.95. The smallest absolute Gasteiger partial charge is 0.228 e. The number of anilines is 2. The average molecular weight is 258 g/mol. The molecule has 1 amide bonds. The summed E-state index contributed by atoms with van der Waals surface area (Å²) in [5.41, 5.74) is 8.04. The molecule has 3 N–H and O–H groups in total. The van der Waals surface area contributed by atoms with Crippen molar-refractivity contribution in [3.63, 3.8) is 0 Å². The molecule has 19 heavy (non-hydrogen) atoms. The predicted molar refractivity (Wildman–Crippen MR) is 74.3 cm³/mol. The van der Waals surface area contributed by atoms with Gasteiger partial charge in [-0.25, -0.2) is 4.39 Å². The molecule has 0 fully saturated rings. The second-order valence-corrected chi connectivity index (χ2v) is 4.41. The van der Waals surface area contributed by atoms with Crippen molar-refractivity contribution in [1.82, 2.24) is 0 Å². The third-order valence-electron chi connectivity index (χ3n) is 2.80. The van der Waals surface area contributed by atoms with Crippen molar-refractivity contribution in [1.29, 1.82) is 0 Å². The fourth-order valence-corrected chi connectivity index (χ4v) is 1.78. The van der Waals surface area contributed by atoms with E-state index in [1.54, 1.807) is 37.3 Å². The zero-order chi connectivity index (χ0) is 13.8. The maximum atomic E-state index is 13.6. The highest BCUT2D eigenvalue weighted by molar-refractivity contribution is 5.93. The maximum absolute atomic E-state index is 13.6. The Bertz CT molecular complexity index is 611. The summed E-state index contributed by atoms with van der Waals surface area (Å²) in [7, 11) is 0. The summed E-state index contributed by atoms with van der Waals surface area (Å²) in [5, 5.41) is 2.54. The van der Waals surface area contributed by atoms with Crippen LogP contribution in [0.2, 0.25) is 0 Å². The van der Waals surface area contributed by atoms with Gasteiger partial charge in [0.2, 0.25) is 5.91 Å². The Morgan fingerprint density at radius 3 is 2.68 bits per heavy atom. The number of nitrogens with one attached hydrogen (secondary N) is 1. The van der Waals surface area contributed by atoms with E-state index in [1.807, 2.05) is 6.07 Å². The molecule has 3 nitrogen and oxygen atoms in total. The molecule has 2 aromatic rings. The molecular weight excluding hydrogens is 243 g/mol. The number of rotatable bonds is 3.